The van der Waals surface area contributed by atoms with Crippen LogP contribution in [0.2, 0.25) is 0 Å². The van der Waals surface area contributed by atoms with Crippen molar-refractivity contribution in [3.63, 3.8) is 0 Å². The van der Waals surface area contributed by atoms with E-state index < -0.39 is 11.9 Å². The quantitative estimate of drug-likeness (QED) is 0.331. The topological polar surface area (TPSA) is 67.5 Å². The van der Waals surface area contributed by atoms with E-state index in [1.54, 1.807) is 0 Å². The minimum absolute atomic E-state index is 0.522. The first kappa shape index (κ1) is 20.9. The molecule has 5 nitrogen and oxygen atoms in total. The molecule has 0 fully saturated rings. The molecule has 1 unspecified atom stereocenters. The van der Waals surface area contributed by atoms with Crippen molar-refractivity contribution in [2.24, 2.45) is 0 Å². The molecule has 0 amide bonds. The Hall–Kier alpha value is -3.99. The summed E-state index contributed by atoms with van der Waals surface area (Å²) < 4.78 is 2.02. The Labute approximate surface area is 192 Å². The molecule has 1 atom stereocenters. The normalized spacial score (nSPS) is 12.3. The lowest BCUT2D eigenvalue weighted by Gasteiger charge is -2.22. The molecule has 33 heavy (non-hydrogen) atoms. The maximum atomic E-state index is 12.6. The van der Waals surface area contributed by atoms with Crippen LogP contribution in [0.15, 0.2) is 78.9 Å². The molecule has 5 rings (SSSR count). The summed E-state index contributed by atoms with van der Waals surface area (Å²) in [6.45, 7) is 4.06. The van der Waals surface area contributed by atoms with Crippen molar-refractivity contribution < 1.29 is 9.90 Å². The fourth-order valence-corrected chi connectivity index (χ4v) is 4.52. The van der Waals surface area contributed by atoms with E-state index in [-0.39, 0.29) is 0 Å². The second kappa shape index (κ2) is 8.51. The number of carboxylic acids is 1. The summed E-state index contributed by atoms with van der Waals surface area (Å²) in [5, 5.41) is 10.3. The molecular formula is C28H25N3O2. The van der Waals surface area contributed by atoms with Gasteiger partial charge in [0.1, 0.15) is 0 Å². The first-order valence-corrected chi connectivity index (χ1v) is 11.2. The van der Waals surface area contributed by atoms with Crippen LogP contribution in [0.5, 0.6) is 0 Å². The fraction of sp³-hybridized carbons (Fsp3) is 0.179. The number of benzene rings is 3. The maximum Gasteiger partial charge on any atom is 0.311 e. The van der Waals surface area contributed by atoms with Gasteiger partial charge < -0.3 is 5.11 Å². The van der Waals surface area contributed by atoms with E-state index in [4.69, 9.17) is 9.97 Å². The van der Waals surface area contributed by atoms with Gasteiger partial charge in [-0.2, -0.15) is 0 Å². The number of fused-ring (bicyclic) bond motifs is 3. The van der Waals surface area contributed by atoms with Gasteiger partial charge in [-0.3, -0.25) is 9.20 Å². The van der Waals surface area contributed by atoms with E-state index in [0.29, 0.717) is 17.9 Å². The van der Waals surface area contributed by atoms with Gasteiger partial charge in [0.2, 0.25) is 5.78 Å². The molecule has 5 aromatic rings. The van der Waals surface area contributed by atoms with Gasteiger partial charge in [-0.05, 0) is 31.0 Å². The summed E-state index contributed by atoms with van der Waals surface area (Å²) >= 11 is 0. The number of aliphatic carboxylic acids is 1. The molecule has 0 aliphatic rings. The van der Waals surface area contributed by atoms with Crippen LogP contribution in [0.1, 0.15) is 36.8 Å². The smallest absolute Gasteiger partial charge is 0.311 e. The summed E-state index contributed by atoms with van der Waals surface area (Å²) in [5.74, 6) is -0.970. The summed E-state index contributed by atoms with van der Waals surface area (Å²) in [5.41, 5.74) is 6.98. The van der Waals surface area contributed by atoms with Crippen molar-refractivity contribution in [3.05, 3.63) is 90.0 Å². The van der Waals surface area contributed by atoms with Crippen molar-refractivity contribution in [3.8, 4) is 22.5 Å². The molecule has 0 aliphatic heterocycles. The number of imidazole rings is 1. The van der Waals surface area contributed by atoms with E-state index >= 15 is 0 Å². The van der Waals surface area contributed by atoms with Crippen LogP contribution < -0.4 is 0 Å². The largest absolute Gasteiger partial charge is 0.481 e. The van der Waals surface area contributed by atoms with Crippen molar-refractivity contribution >= 4 is 22.8 Å². The van der Waals surface area contributed by atoms with Gasteiger partial charge in [-0.1, -0.05) is 85.6 Å². The Balaban J connectivity index is 2.00. The monoisotopic (exact) mass is 435 g/mol. The highest BCUT2D eigenvalue weighted by Gasteiger charge is 2.30. The first-order chi connectivity index (χ1) is 16.1. The summed E-state index contributed by atoms with van der Waals surface area (Å²) in [6, 6.07) is 26.0. The molecule has 0 saturated carbocycles. The highest BCUT2D eigenvalue weighted by molar-refractivity contribution is 5.90. The van der Waals surface area contributed by atoms with Crippen LogP contribution in [-0.2, 0) is 4.79 Å². The Morgan fingerprint density at radius 1 is 0.909 bits per heavy atom. The SMILES string of the molecule is CCCC(C(=O)O)c1c(-c2ccccc2)nc2nc3ccccc3n2c1-c1ccc(C)cc1. The first-order valence-electron chi connectivity index (χ1n) is 11.2. The number of hydrogen-bond acceptors (Lipinski definition) is 3. The van der Waals surface area contributed by atoms with Gasteiger partial charge in [-0.15, -0.1) is 0 Å². The Morgan fingerprint density at radius 3 is 2.30 bits per heavy atom. The van der Waals surface area contributed by atoms with Crippen LogP contribution >= 0.6 is 0 Å². The number of aryl methyl sites for hydroxylation is 1. The van der Waals surface area contributed by atoms with E-state index in [9.17, 15) is 9.90 Å². The average Bonchev–Trinajstić information content (AvgIpc) is 3.21. The summed E-state index contributed by atoms with van der Waals surface area (Å²) in [4.78, 5) is 22.4. The number of carboxylic acid groups (broad SMARTS) is 1. The highest BCUT2D eigenvalue weighted by Crippen LogP contribution is 2.40. The van der Waals surface area contributed by atoms with Crippen molar-refractivity contribution in [2.75, 3.05) is 0 Å². The van der Waals surface area contributed by atoms with E-state index in [2.05, 4.69) is 24.3 Å². The lowest BCUT2D eigenvalue weighted by Crippen LogP contribution is -2.17. The average molecular weight is 436 g/mol. The Bertz CT molecular complexity index is 1450. The van der Waals surface area contributed by atoms with Crippen LogP contribution in [0.3, 0.4) is 0 Å². The maximum absolute atomic E-state index is 12.6. The van der Waals surface area contributed by atoms with Gasteiger partial charge in [0.25, 0.3) is 0 Å². The molecule has 0 spiro atoms. The molecule has 2 heterocycles. The van der Waals surface area contributed by atoms with Gasteiger partial charge in [0.15, 0.2) is 0 Å². The van der Waals surface area contributed by atoms with Crippen LogP contribution in [0.25, 0.3) is 39.3 Å². The molecule has 0 aliphatic carbocycles. The Kier molecular flexibility index (Phi) is 5.38. The lowest BCUT2D eigenvalue weighted by molar-refractivity contribution is -0.139. The molecule has 1 N–H and O–H groups in total. The van der Waals surface area contributed by atoms with E-state index in [1.165, 1.54) is 0 Å². The predicted molar refractivity (Wildman–Crippen MR) is 131 cm³/mol. The van der Waals surface area contributed by atoms with Crippen molar-refractivity contribution in [1.29, 1.82) is 0 Å². The molecule has 2 aromatic heterocycles. The Morgan fingerprint density at radius 2 is 1.61 bits per heavy atom. The number of rotatable bonds is 6. The number of carbonyl (C=O) groups is 1. The highest BCUT2D eigenvalue weighted by atomic mass is 16.4. The van der Waals surface area contributed by atoms with Gasteiger partial charge in [0.05, 0.1) is 28.3 Å². The molecule has 0 bridgehead atoms. The zero-order valence-electron chi connectivity index (χ0n) is 18.7. The second-order valence-electron chi connectivity index (χ2n) is 8.37. The minimum atomic E-state index is -0.840. The van der Waals surface area contributed by atoms with Gasteiger partial charge >= 0.3 is 5.97 Å². The van der Waals surface area contributed by atoms with Crippen LogP contribution in [0.4, 0.5) is 0 Å². The lowest BCUT2D eigenvalue weighted by atomic mass is 9.87. The molecule has 0 saturated heterocycles. The number of hydrogen-bond donors (Lipinski definition) is 1. The third-order valence-electron chi connectivity index (χ3n) is 6.08. The third kappa shape index (κ3) is 3.65. The van der Waals surface area contributed by atoms with Crippen molar-refractivity contribution in [2.45, 2.75) is 32.6 Å². The van der Waals surface area contributed by atoms with E-state index in [0.717, 1.165) is 45.4 Å². The molecule has 164 valence electrons. The third-order valence-corrected chi connectivity index (χ3v) is 6.08. The zero-order valence-corrected chi connectivity index (χ0v) is 18.7. The van der Waals surface area contributed by atoms with Crippen molar-refractivity contribution in [1.82, 2.24) is 14.4 Å². The summed E-state index contributed by atoms with van der Waals surface area (Å²) in [6.07, 6.45) is 1.27. The number of para-hydroxylation sites is 2. The standard InChI is InChI=1S/C28H25N3O2/c1-3-9-21(27(32)33)24-25(19-10-5-4-6-11-19)30-28-29-22-12-7-8-13-23(22)31(28)26(24)20-16-14-18(2)15-17-20/h4-8,10-17,21H,3,9H2,1-2H3,(H,32,33). The van der Waals surface area contributed by atoms with Gasteiger partial charge in [0, 0.05) is 11.1 Å². The predicted octanol–water partition coefficient (Wildman–Crippen LogP) is 6.49. The molecular weight excluding hydrogens is 410 g/mol. The zero-order chi connectivity index (χ0) is 22.9. The summed E-state index contributed by atoms with van der Waals surface area (Å²) in [7, 11) is 0. The fourth-order valence-electron chi connectivity index (χ4n) is 4.52. The van der Waals surface area contributed by atoms with E-state index in [1.807, 2.05) is 72.8 Å². The molecule has 3 aromatic carbocycles. The minimum Gasteiger partial charge on any atom is -0.481 e. The number of aromatic nitrogens is 3. The molecule has 5 heteroatoms. The second-order valence-corrected chi connectivity index (χ2v) is 8.37. The van der Waals surface area contributed by atoms with Gasteiger partial charge in [-0.25, -0.2) is 9.97 Å². The van der Waals surface area contributed by atoms with Crippen LogP contribution in [-0.4, -0.2) is 25.4 Å². The number of nitrogens with zero attached hydrogens (tertiary/aromatic N) is 3. The van der Waals surface area contributed by atoms with Crippen LogP contribution in [0, 0.1) is 6.92 Å². The molecule has 0 radical (unpaired) electrons.